The smallest absolute Gasteiger partial charge is 0.254 e. The van der Waals surface area contributed by atoms with Gasteiger partial charge >= 0.3 is 0 Å². The van der Waals surface area contributed by atoms with Crippen molar-refractivity contribution in [3.8, 4) is 17.7 Å². The number of carbonyl (C=O) groups excluding carboxylic acids is 1. The molecule has 1 saturated heterocycles. The largest absolute Gasteiger partial charge is 0.457 e. The quantitative estimate of drug-likeness (QED) is 0.270. The Bertz CT molecular complexity index is 1150. The highest BCUT2D eigenvalue weighted by Crippen LogP contribution is 2.32. The molecular weight excluding hydrogens is 428 g/mol. The van der Waals surface area contributed by atoms with E-state index in [1.165, 1.54) is 0 Å². The molecule has 3 rings (SSSR count). The molecule has 0 saturated carbocycles. The molecule has 0 bridgehead atoms. The zero-order chi connectivity index (χ0) is 24.8. The van der Waals surface area contributed by atoms with Gasteiger partial charge < -0.3 is 26.4 Å². The van der Waals surface area contributed by atoms with Gasteiger partial charge in [0.15, 0.2) is 6.19 Å². The van der Waals surface area contributed by atoms with Gasteiger partial charge in [0.25, 0.3) is 5.91 Å². The first kappa shape index (κ1) is 24.6. The third kappa shape index (κ3) is 5.87. The molecule has 1 fully saturated rings. The van der Waals surface area contributed by atoms with Crippen LogP contribution in [-0.4, -0.2) is 35.7 Å². The van der Waals surface area contributed by atoms with Crippen LogP contribution in [0.5, 0.6) is 11.5 Å². The minimum atomic E-state index is -0.796. The van der Waals surface area contributed by atoms with Gasteiger partial charge in [0, 0.05) is 24.7 Å². The van der Waals surface area contributed by atoms with Crippen LogP contribution in [0.25, 0.3) is 0 Å². The van der Waals surface area contributed by atoms with Crippen molar-refractivity contribution in [2.24, 2.45) is 11.5 Å². The number of nitrogens with two attached hydrogens (primary N) is 2. The maximum Gasteiger partial charge on any atom is 0.254 e. The Morgan fingerprint density at radius 2 is 2.03 bits per heavy atom. The Kier molecular flexibility index (Phi) is 7.79. The van der Waals surface area contributed by atoms with Gasteiger partial charge in [-0.3, -0.25) is 10.2 Å². The second-order valence-corrected chi connectivity index (χ2v) is 8.88. The number of carbonyl (C=O) groups is 1. The lowest BCUT2D eigenvalue weighted by Gasteiger charge is -2.30. The van der Waals surface area contributed by atoms with Gasteiger partial charge in [-0.1, -0.05) is 43.7 Å². The summed E-state index contributed by atoms with van der Waals surface area (Å²) in [6.07, 6.45) is 3.77. The monoisotopic (exact) mass is 460 g/mol. The average molecular weight is 461 g/mol. The number of primary amides is 1. The van der Waals surface area contributed by atoms with Crippen LogP contribution in [0, 0.1) is 23.8 Å². The molecule has 178 valence electrons. The van der Waals surface area contributed by atoms with E-state index in [4.69, 9.17) is 26.9 Å². The van der Waals surface area contributed by atoms with Gasteiger partial charge in [-0.25, -0.2) is 0 Å². The maximum atomic E-state index is 12.3. The van der Waals surface area contributed by atoms with Crippen molar-refractivity contribution < 1.29 is 9.53 Å². The molecule has 2 aromatic carbocycles. The van der Waals surface area contributed by atoms with Crippen molar-refractivity contribution in [1.29, 1.82) is 10.7 Å². The molecule has 0 aliphatic carbocycles. The number of ether oxygens (including phenoxy) is 1. The van der Waals surface area contributed by atoms with Gasteiger partial charge in [-0.2, -0.15) is 5.26 Å². The zero-order valence-corrected chi connectivity index (χ0v) is 19.9. The van der Waals surface area contributed by atoms with E-state index in [9.17, 15) is 4.79 Å². The number of hydrogen-bond donors (Lipinski definition) is 4. The van der Waals surface area contributed by atoms with Gasteiger partial charge in [-0.15, -0.1) is 0 Å². The molecule has 34 heavy (non-hydrogen) atoms. The number of amides is 1. The Labute approximate surface area is 200 Å². The lowest BCUT2D eigenvalue weighted by Crippen LogP contribution is -2.46. The van der Waals surface area contributed by atoms with Crippen LogP contribution in [0.2, 0.25) is 0 Å². The van der Waals surface area contributed by atoms with E-state index in [-0.39, 0.29) is 29.1 Å². The predicted molar refractivity (Wildman–Crippen MR) is 132 cm³/mol. The first-order valence-electron chi connectivity index (χ1n) is 11.4. The number of nitriles is 1. The molecule has 0 aromatic heterocycles. The number of hydrogen-bond acceptors (Lipinski definition) is 7. The lowest BCUT2D eigenvalue weighted by atomic mass is 9.99. The number of nitrogens with one attached hydrogen (secondary N) is 2. The highest BCUT2D eigenvalue weighted by molar-refractivity contribution is 6.26. The van der Waals surface area contributed by atoms with Gasteiger partial charge in [0.05, 0.1) is 5.71 Å². The Hall–Kier alpha value is -3.99. The van der Waals surface area contributed by atoms with Crippen molar-refractivity contribution in [3.05, 3.63) is 70.5 Å². The van der Waals surface area contributed by atoms with Crippen molar-refractivity contribution in [1.82, 2.24) is 10.2 Å². The molecule has 1 unspecified atom stereocenters. The molecule has 8 heteroatoms. The Morgan fingerprint density at radius 3 is 2.71 bits per heavy atom. The molecule has 2 aromatic rings. The average Bonchev–Trinajstić information content (AvgIpc) is 2.80. The van der Waals surface area contributed by atoms with Crippen molar-refractivity contribution in [2.75, 3.05) is 13.1 Å². The van der Waals surface area contributed by atoms with Crippen LogP contribution >= 0.6 is 0 Å². The first-order chi connectivity index (χ1) is 16.2. The summed E-state index contributed by atoms with van der Waals surface area (Å²) in [5.41, 5.74) is 14.3. The van der Waals surface area contributed by atoms with Crippen LogP contribution < -0.4 is 21.5 Å². The van der Waals surface area contributed by atoms with E-state index in [0.29, 0.717) is 24.4 Å². The summed E-state index contributed by atoms with van der Waals surface area (Å²) in [4.78, 5) is 13.9. The molecule has 1 atom stereocenters. The molecule has 0 spiro atoms. The first-order valence-corrected chi connectivity index (χ1v) is 11.4. The third-order valence-corrected chi connectivity index (χ3v) is 5.83. The van der Waals surface area contributed by atoms with Crippen molar-refractivity contribution in [2.45, 2.75) is 45.6 Å². The highest BCUT2D eigenvalue weighted by Gasteiger charge is 2.23. The Morgan fingerprint density at radius 1 is 1.26 bits per heavy atom. The van der Waals surface area contributed by atoms with E-state index < -0.39 is 5.91 Å². The van der Waals surface area contributed by atoms with E-state index >= 15 is 0 Å². The van der Waals surface area contributed by atoms with E-state index in [0.717, 1.165) is 29.7 Å². The summed E-state index contributed by atoms with van der Waals surface area (Å²) in [6.45, 7) is 7.43. The minimum Gasteiger partial charge on any atom is -0.457 e. The summed E-state index contributed by atoms with van der Waals surface area (Å²) in [5, 5.41) is 20.9. The summed E-state index contributed by atoms with van der Waals surface area (Å²) in [6, 6.07) is 12.9. The fourth-order valence-corrected chi connectivity index (χ4v) is 4.07. The van der Waals surface area contributed by atoms with Crippen molar-refractivity contribution in [3.63, 3.8) is 0 Å². The van der Waals surface area contributed by atoms with Crippen LogP contribution in [0.4, 0.5) is 0 Å². The molecular formula is C26H32N6O2. The van der Waals surface area contributed by atoms with Crippen LogP contribution in [-0.2, 0) is 4.79 Å². The van der Waals surface area contributed by atoms with E-state index in [2.05, 4.69) is 31.4 Å². The zero-order valence-electron chi connectivity index (χ0n) is 19.9. The summed E-state index contributed by atoms with van der Waals surface area (Å²) in [5.74, 6) is 0.809. The summed E-state index contributed by atoms with van der Waals surface area (Å²) in [7, 11) is 0. The lowest BCUT2D eigenvalue weighted by molar-refractivity contribution is -0.114. The second-order valence-electron chi connectivity index (χ2n) is 8.88. The van der Waals surface area contributed by atoms with Gasteiger partial charge in [0.2, 0.25) is 0 Å². The highest BCUT2D eigenvalue weighted by atomic mass is 16.5. The number of benzene rings is 2. The van der Waals surface area contributed by atoms with Crippen LogP contribution in [0.1, 0.15) is 49.3 Å². The number of aryl methyl sites for hydroxylation is 1. The molecule has 0 radical (unpaired) electrons. The van der Waals surface area contributed by atoms with Crippen LogP contribution in [0.3, 0.4) is 0 Å². The molecule has 1 aliphatic heterocycles. The Balaban J connectivity index is 1.85. The van der Waals surface area contributed by atoms with Gasteiger partial charge in [-0.05, 0) is 49.4 Å². The summed E-state index contributed by atoms with van der Waals surface area (Å²) < 4.78 is 6.15. The maximum absolute atomic E-state index is 12.3. The number of nitrogens with zero attached hydrogens (tertiary/aromatic N) is 2. The number of rotatable bonds is 8. The topological polar surface area (TPSA) is 141 Å². The second kappa shape index (κ2) is 10.8. The standard InChI is InChI=1S/C26H32N6O2/c1-16(2)21-12-17(3)9-10-22(21)34-20-8-4-6-18(13-20)24(28)23(26(30)33)25(29)31-19-7-5-11-32(14-19)15-27/h4,6,8-10,12-13,16,19,28,31H,5,7,11,14,29H2,1-3H3,(H2,30,33)/b25-23+,28-24?. The third-order valence-electron chi connectivity index (χ3n) is 5.83. The molecule has 1 heterocycles. The van der Waals surface area contributed by atoms with Crippen molar-refractivity contribution >= 4 is 11.6 Å². The van der Waals surface area contributed by atoms with Crippen LogP contribution in [0.15, 0.2) is 53.9 Å². The van der Waals surface area contributed by atoms with E-state index in [1.54, 1.807) is 29.2 Å². The summed E-state index contributed by atoms with van der Waals surface area (Å²) >= 11 is 0. The molecule has 1 amide bonds. The fraction of sp³-hybridized carbons (Fsp3) is 0.346. The molecule has 6 N–H and O–H groups in total. The fourth-order valence-electron chi connectivity index (χ4n) is 4.07. The molecule has 8 nitrogen and oxygen atoms in total. The molecule has 1 aliphatic rings. The number of piperidine rings is 1. The SMILES string of the molecule is Cc1ccc(Oc2cccc(C(=N)/C(C(N)=O)=C(/N)NC3CCCN(C#N)C3)c2)c(C(C)C)c1. The van der Waals surface area contributed by atoms with E-state index in [1.807, 2.05) is 19.1 Å². The predicted octanol–water partition coefficient (Wildman–Crippen LogP) is 3.47. The van der Waals surface area contributed by atoms with Gasteiger partial charge in [0.1, 0.15) is 22.9 Å². The number of likely N-dealkylation sites (tertiary alicyclic amines) is 1. The minimum absolute atomic E-state index is 0.0363. The normalized spacial score (nSPS) is 16.4.